The van der Waals surface area contributed by atoms with Crippen LogP contribution in [-0.2, 0) is 9.59 Å². The minimum atomic E-state index is -1.54. The fourth-order valence-electron chi connectivity index (χ4n) is 2.58. The van der Waals surface area contributed by atoms with Gasteiger partial charge in [0.25, 0.3) is 5.91 Å². The Morgan fingerprint density at radius 2 is 1.61 bits per heavy atom. The summed E-state index contributed by atoms with van der Waals surface area (Å²) in [4.78, 5) is 25.2. The summed E-state index contributed by atoms with van der Waals surface area (Å²) in [6.45, 7) is 1.20. The summed E-state index contributed by atoms with van der Waals surface area (Å²) in [5.74, 6) is -0.232. The molecule has 1 atom stereocenters. The summed E-state index contributed by atoms with van der Waals surface area (Å²) >= 11 is 12.4. The molecule has 2 aromatic rings. The van der Waals surface area contributed by atoms with E-state index in [0.717, 1.165) is 4.42 Å². The van der Waals surface area contributed by atoms with E-state index in [-0.39, 0.29) is 27.9 Å². The van der Waals surface area contributed by atoms with Gasteiger partial charge in [0.15, 0.2) is 17.2 Å². The quantitative estimate of drug-likeness (QED) is 0.302. The van der Waals surface area contributed by atoms with Crippen molar-refractivity contribution in [2.45, 2.75) is 13.0 Å². The Hall–Kier alpha value is -3.04. The van der Waals surface area contributed by atoms with E-state index in [4.69, 9.17) is 42.3 Å². The number of halogens is 2. The van der Waals surface area contributed by atoms with Gasteiger partial charge < -0.3 is 18.9 Å². The third-order valence-electron chi connectivity index (χ3n) is 4.15. The predicted molar refractivity (Wildman–Crippen MR) is 116 cm³/mol. The topological polar surface area (TPSA) is 99.0 Å². The van der Waals surface area contributed by atoms with Crippen LogP contribution in [0.5, 0.6) is 23.0 Å². The highest BCUT2D eigenvalue weighted by Gasteiger charge is 2.31. The summed E-state index contributed by atoms with van der Waals surface area (Å²) in [5, 5.41) is 8.17. The van der Waals surface area contributed by atoms with Crippen LogP contribution in [0, 0.1) is 0 Å². The van der Waals surface area contributed by atoms with Gasteiger partial charge in [0.05, 0.1) is 33.5 Å². The lowest BCUT2D eigenvalue weighted by atomic mass is 10.2. The molecule has 1 unspecified atom stereocenters. The van der Waals surface area contributed by atoms with Crippen molar-refractivity contribution in [2.24, 2.45) is 10.2 Å². The molecule has 31 heavy (non-hydrogen) atoms. The third kappa shape index (κ3) is 5.36. The highest BCUT2D eigenvalue weighted by Crippen LogP contribution is 2.43. The Morgan fingerprint density at radius 3 is 2.16 bits per heavy atom. The molecular weight excluding hydrogens is 449 g/mol. The molecule has 0 saturated carbocycles. The number of hydrogen-bond acceptors (Lipinski definition) is 8. The lowest BCUT2D eigenvalue weighted by molar-refractivity contribution is -0.126. The number of carbonyl (C=O) groups excluding carboxylic acids is 2. The largest absolute Gasteiger partial charge is 0.497 e. The fourth-order valence-corrected chi connectivity index (χ4v) is 3.03. The average molecular weight is 470 g/mol. The van der Waals surface area contributed by atoms with Gasteiger partial charge in [-0.1, -0.05) is 11.6 Å². The number of ether oxygens (including phenoxy) is 4. The number of rotatable bonds is 9. The van der Waals surface area contributed by atoms with Gasteiger partial charge in [-0.15, -0.1) is 5.11 Å². The van der Waals surface area contributed by atoms with Crippen molar-refractivity contribution < 1.29 is 28.5 Å². The second kappa shape index (κ2) is 10.8. The van der Waals surface area contributed by atoms with Crippen LogP contribution in [0.1, 0.15) is 6.92 Å². The second-order valence-corrected chi connectivity index (χ2v) is 6.76. The monoisotopic (exact) mass is 469 g/mol. The van der Waals surface area contributed by atoms with E-state index in [0.29, 0.717) is 11.5 Å². The molecule has 11 heteroatoms. The third-order valence-corrected chi connectivity index (χ3v) is 4.80. The van der Waals surface area contributed by atoms with Crippen molar-refractivity contribution in [2.75, 3.05) is 32.9 Å². The van der Waals surface area contributed by atoms with Gasteiger partial charge in [0.1, 0.15) is 22.9 Å². The zero-order valence-electron chi connectivity index (χ0n) is 17.5. The van der Waals surface area contributed by atoms with Crippen molar-refractivity contribution in [3.05, 3.63) is 35.4 Å². The molecule has 0 aliphatic carbocycles. The van der Waals surface area contributed by atoms with Crippen LogP contribution in [0.15, 0.2) is 40.6 Å². The molecular formula is C20H21Cl2N3O6. The number of ketones is 1. The minimum absolute atomic E-state index is 0.122. The Labute approximate surface area is 189 Å². The molecule has 2 aromatic carbocycles. The van der Waals surface area contributed by atoms with E-state index < -0.39 is 17.7 Å². The summed E-state index contributed by atoms with van der Waals surface area (Å²) in [6, 6.07) is 6.27. The van der Waals surface area contributed by atoms with E-state index in [1.165, 1.54) is 41.4 Å². The maximum absolute atomic E-state index is 13.0. The molecule has 0 fully saturated rings. The predicted octanol–water partition coefficient (Wildman–Crippen LogP) is 4.60. The Kier molecular flexibility index (Phi) is 8.47. The number of methoxy groups -OCH3 is 4. The van der Waals surface area contributed by atoms with Crippen molar-refractivity contribution in [1.82, 2.24) is 0 Å². The number of Topliss-reactive ketones (excluding diaryl/α,β-unsaturated/α-hetero) is 1. The summed E-state index contributed by atoms with van der Waals surface area (Å²) in [6.07, 6.45) is 0. The van der Waals surface area contributed by atoms with Crippen molar-refractivity contribution in [3.63, 3.8) is 0 Å². The van der Waals surface area contributed by atoms with Gasteiger partial charge in [0, 0.05) is 17.8 Å². The maximum Gasteiger partial charge on any atom is 0.276 e. The number of benzene rings is 2. The molecule has 0 aliphatic rings. The standard InChI is InChI=1S/C20H21Cl2N3O6/c1-11(26)17(23-24-18-16(30-4)9-7-13(21)19(18)31-5)20(27)25(22)14-10-12(28-2)6-8-15(14)29-3/h6-10,17H,1-5H3. The lowest BCUT2D eigenvalue weighted by Gasteiger charge is -2.20. The average Bonchev–Trinajstić information content (AvgIpc) is 2.77. The summed E-state index contributed by atoms with van der Waals surface area (Å²) in [7, 11) is 5.69. The molecule has 0 bridgehead atoms. The zero-order chi connectivity index (χ0) is 23.1. The van der Waals surface area contributed by atoms with Gasteiger partial charge >= 0.3 is 0 Å². The van der Waals surface area contributed by atoms with Crippen LogP contribution in [0.2, 0.25) is 5.02 Å². The van der Waals surface area contributed by atoms with Crippen LogP contribution < -0.4 is 23.4 Å². The molecule has 0 N–H and O–H groups in total. The summed E-state index contributed by atoms with van der Waals surface area (Å²) in [5.41, 5.74) is 0.296. The first kappa shape index (κ1) is 24.2. The Morgan fingerprint density at radius 1 is 0.968 bits per heavy atom. The second-order valence-electron chi connectivity index (χ2n) is 6.02. The number of azo groups is 1. The Bertz CT molecular complexity index is 999. The minimum Gasteiger partial charge on any atom is -0.497 e. The maximum atomic E-state index is 13.0. The van der Waals surface area contributed by atoms with Crippen LogP contribution in [-0.4, -0.2) is 46.2 Å². The normalized spacial score (nSPS) is 11.7. The number of nitrogens with zero attached hydrogens (tertiary/aromatic N) is 3. The first-order valence-corrected chi connectivity index (χ1v) is 9.54. The van der Waals surface area contributed by atoms with Gasteiger partial charge in [-0.3, -0.25) is 9.59 Å². The molecule has 0 aromatic heterocycles. The number of amides is 1. The molecule has 0 spiro atoms. The van der Waals surface area contributed by atoms with Crippen LogP contribution in [0.4, 0.5) is 11.4 Å². The number of anilines is 1. The highest BCUT2D eigenvalue weighted by molar-refractivity contribution is 6.39. The van der Waals surface area contributed by atoms with Gasteiger partial charge in [-0.2, -0.15) is 5.11 Å². The molecule has 1 amide bonds. The van der Waals surface area contributed by atoms with Gasteiger partial charge in [-0.05, 0) is 31.2 Å². The highest BCUT2D eigenvalue weighted by atomic mass is 35.5. The van der Waals surface area contributed by atoms with Gasteiger partial charge in [0.2, 0.25) is 6.04 Å². The van der Waals surface area contributed by atoms with Crippen LogP contribution in [0.25, 0.3) is 0 Å². The molecule has 0 saturated heterocycles. The fraction of sp³-hybridized carbons (Fsp3) is 0.300. The van der Waals surface area contributed by atoms with Gasteiger partial charge in [-0.25, -0.2) is 4.42 Å². The molecule has 166 valence electrons. The van der Waals surface area contributed by atoms with E-state index in [1.54, 1.807) is 24.3 Å². The van der Waals surface area contributed by atoms with Crippen molar-refractivity contribution in [3.8, 4) is 23.0 Å². The van der Waals surface area contributed by atoms with Crippen molar-refractivity contribution in [1.29, 1.82) is 0 Å². The van der Waals surface area contributed by atoms with Crippen LogP contribution >= 0.6 is 23.4 Å². The SMILES string of the molecule is COc1ccc(OC)c(N(Cl)C(=O)C(N=Nc2c(OC)ccc(Cl)c2OC)C(C)=O)c1. The molecule has 0 radical (unpaired) electrons. The van der Waals surface area contributed by atoms with Crippen molar-refractivity contribution >= 4 is 46.4 Å². The first-order valence-electron chi connectivity index (χ1n) is 8.82. The molecule has 2 rings (SSSR count). The van der Waals surface area contributed by atoms with E-state index in [2.05, 4.69) is 10.2 Å². The lowest BCUT2D eigenvalue weighted by Crippen LogP contribution is -2.36. The summed E-state index contributed by atoms with van der Waals surface area (Å²) < 4.78 is 21.6. The smallest absolute Gasteiger partial charge is 0.276 e. The van der Waals surface area contributed by atoms with Crippen LogP contribution in [0.3, 0.4) is 0 Å². The first-order chi connectivity index (χ1) is 14.8. The number of carbonyl (C=O) groups is 2. The van der Waals surface area contributed by atoms with E-state index in [1.807, 2.05) is 0 Å². The number of hydrogen-bond donors (Lipinski definition) is 0. The van der Waals surface area contributed by atoms with E-state index in [9.17, 15) is 9.59 Å². The molecule has 0 aliphatic heterocycles. The Balaban J connectivity index is 2.45. The molecule has 9 nitrogen and oxygen atoms in total. The molecule has 0 heterocycles. The van der Waals surface area contributed by atoms with E-state index >= 15 is 0 Å². The zero-order valence-corrected chi connectivity index (χ0v) is 19.0.